The van der Waals surface area contributed by atoms with Gasteiger partial charge in [-0.3, -0.25) is 0 Å². The van der Waals surface area contributed by atoms with Crippen LogP contribution >= 0.6 is 0 Å². The molecule has 22 heavy (non-hydrogen) atoms. The summed E-state index contributed by atoms with van der Waals surface area (Å²) in [7, 11) is 0. The van der Waals surface area contributed by atoms with E-state index < -0.39 is 6.10 Å². The minimum Gasteiger partial charge on any atom is -0.394 e. The fourth-order valence-electron chi connectivity index (χ4n) is 2.71. The first-order chi connectivity index (χ1) is 10.7. The van der Waals surface area contributed by atoms with Crippen molar-refractivity contribution in [2.45, 2.75) is 19.2 Å². The number of rotatable bonds is 5. The van der Waals surface area contributed by atoms with Crippen molar-refractivity contribution in [1.29, 1.82) is 0 Å². The smallest absolute Gasteiger partial charge is 0.123 e. The SMILES string of the molecule is OC[C@@H](O)CNc1cc2c(c(-c3ccc(F)cc3)c1)CNC2. The third kappa shape index (κ3) is 3.11. The Morgan fingerprint density at radius 2 is 1.95 bits per heavy atom. The van der Waals surface area contributed by atoms with Crippen LogP contribution in [0, 0.1) is 5.82 Å². The third-order valence-corrected chi connectivity index (χ3v) is 3.87. The Labute approximate surface area is 128 Å². The molecule has 1 aliphatic heterocycles. The van der Waals surface area contributed by atoms with Crippen LogP contribution in [-0.4, -0.2) is 29.5 Å². The third-order valence-electron chi connectivity index (χ3n) is 3.87. The highest BCUT2D eigenvalue weighted by Gasteiger charge is 2.17. The van der Waals surface area contributed by atoms with Crippen LogP contribution in [0.15, 0.2) is 36.4 Å². The van der Waals surface area contributed by atoms with Crippen LogP contribution in [-0.2, 0) is 13.1 Å². The van der Waals surface area contributed by atoms with E-state index in [0.29, 0.717) is 0 Å². The fourth-order valence-corrected chi connectivity index (χ4v) is 2.71. The Balaban J connectivity index is 1.94. The lowest BCUT2D eigenvalue weighted by molar-refractivity contribution is 0.105. The van der Waals surface area contributed by atoms with Gasteiger partial charge in [-0.2, -0.15) is 0 Å². The highest BCUT2D eigenvalue weighted by Crippen LogP contribution is 2.32. The van der Waals surface area contributed by atoms with E-state index in [0.717, 1.165) is 29.9 Å². The van der Waals surface area contributed by atoms with Crippen molar-refractivity contribution in [3.63, 3.8) is 0 Å². The lowest BCUT2D eigenvalue weighted by atomic mass is 9.96. The van der Waals surface area contributed by atoms with Crippen LogP contribution in [0.4, 0.5) is 10.1 Å². The Hall–Kier alpha value is -1.95. The quantitative estimate of drug-likeness (QED) is 0.681. The van der Waals surface area contributed by atoms with E-state index in [4.69, 9.17) is 5.11 Å². The summed E-state index contributed by atoms with van der Waals surface area (Å²) in [5.74, 6) is -0.251. The number of fused-ring (bicyclic) bond motifs is 1. The molecule has 2 aromatic rings. The first kappa shape index (κ1) is 15.0. The summed E-state index contributed by atoms with van der Waals surface area (Å²) in [5, 5.41) is 24.8. The second-order valence-corrected chi connectivity index (χ2v) is 5.49. The van der Waals surface area contributed by atoms with Gasteiger partial charge >= 0.3 is 0 Å². The number of halogens is 1. The van der Waals surface area contributed by atoms with Gasteiger partial charge in [0.15, 0.2) is 0 Å². The molecule has 0 saturated heterocycles. The molecular formula is C17H19FN2O2. The molecule has 0 spiro atoms. The molecule has 2 aromatic carbocycles. The van der Waals surface area contributed by atoms with Crippen LogP contribution in [0.2, 0.25) is 0 Å². The van der Waals surface area contributed by atoms with Gasteiger partial charge in [0.2, 0.25) is 0 Å². The van der Waals surface area contributed by atoms with Crippen molar-refractivity contribution in [1.82, 2.24) is 5.32 Å². The van der Waals surface area contributed by atoms with E-state index in [2.05, 4.69) is 10.6 Å². The molecule has 1 atom stereocenters. The van der Waals surface area contributed by atoms with E-state index in [9.17, 15) is 9.50 Å². The normalized spacial score (nSPS) is 14.7. The monoisotopic (exact) mass is 302 g/mol. The van der Waals surface area contributed by atoms with Gasteiger partial charge in [0.05, 0.1) is 12.7 Å². The summed E-state index contributed by atoms with van der Waals surface area (Å²) >= 11 is 0. The number of nitrogens with one attached hydrogen (secondary N) is 2. The van der Waals surface area contributed by atoms with Crippen LogP contribution < -0.4 is 10.6 Å². The van der Waals surface area contributed by atoms with Gasteiger partial charge in [-0.05, 0) is 46.5 Å². The number of aliphatic hydroxyl groups is 2. The molecule has 0 fully saturated rings. The fraction of sp³-hybridized carbons (Fsp3) is 0.294. The van der Waals surface area contributed by atoms with Crippen molar-refractivity contribution in [2.75, 3.05) is 18.5 Å². The molecule has 4 nitrogen and oxygen atoms in total. The summed E-state index contributed by atoms with van der Waals surface area (Å²) in [6.45, 7) is 1.60. The van der Waals surface area contributed by atoms with Crippen LogP contribution in [0.1, 0.15) is 11.1 Å². The second-order valence-electron chi connectivity index (χ2n) is 5.49. The summed E-state index contributed by atoms with van der Waals surface area (Å²) in [4.78, 5) is 0. The van der Waals surface area contributed by atoms with Crippen molar-refractivity contribution in [2.24, 2.45) is 0 Å². The molecular weight excluding hydrogens is 283 g/mol. The average Bonchev–Trinajstić information content (AvgIpc) is 3.01. The Bertz CT molecular complexity index is 658. The number of hydrogen-bond acceptors (Lipinski definition) is 4. The lowest BCUT2D eigenvalue weighted by Crippen LogP contribution is -2.23. The van der Waals surface area contributed by atoms with Gasteiger partial charge in [-0.1, -0.05) is 12.1 Å². The minimum atomic E-state index is -0.791. The highest BCUT2D eigenvalue weighted by molar-refractivity contribution is 5.74. The minimum absolute atomic E-state index is 0.251. The molecule has 0 aliphatic carbocycles. The molecule has 0 aromatic heterocycles. The highest BCUT2D eigenvalue weighted by atomic mass is 19.1. The van der Waals surface area contributed by atoms with Gasteiger partial charge in [-0.15, -0.1) is 0 Å². The van der Waals surface area contributed by atoms with Crippen molar-refractivity contribution in [3.05, 3.63) is 53.3 Å². The van der Waals surface area contributed by atoms with E-state index in [1.165, 1.54) is 23.3 Å². The zero-order valence-electron chi connectivity index (χ0n) is 12.1. The predicted molar refractivity (Wildman–Crippen MR) is 84.0 cm³/mol. The average molecular weight is 302 g/mol. The van der Waals surface area contributed by atoms with Gasteiger partial charge in [-0.25, -0.2) is 4.39 Å². The topological polar surface area (TPSA) is 64.5 Å². The first-order valence-corrected chi connectivity index (χ1v) is 7.32. The van der Waals surface area contributed by atoms with Crippen molar-refractivity contribution in [3.8, 4) is 11.1 Å². The van der Waals surface area contributed by atoms with Crippen molar-refractivity contribution < 1.29 is 14.6 Å². The predicted octanol–water partition coefficient (Wildman–Crippen LogP) is 1.86. The molecule has 0 saturated carbocycles. The lowest BCUT2D eigenvalue weighted by Gasteiger charge is -2.15. The first-order valence-electron chi connectivity index (χ1n) is 7.32. The van der Waals surface area contributed by atoms with Gasteiger partial charge < -0.3 is 20.8 Å². The largest absolute Gasteiger partial charge is 0.394 e. The standard InChI is InChI=1S/C17H19FN2O2/c18-13-3-1-11(2-4-13)16-6-14(20-8-15(22)10-21)5-12-7-19-9-17(12)16/h1-6,15,19-22H,7-10H2/t15-/m0/s1. The molecule has 0 amide bonds. The second kappa shape index (κ2) is 6.44. The van der Waals surface area contributed by atoms with E-state index >= 15 is 0 Å². The Morgan fingerprint density at radius 3 is 2.68 bits per heavy atom. The van der Waals surface area contributed by atoms with E-state index in [1.807, 2.05) is 12.1 Å². The maximum absolute atomic E-state index is 13.1. The molecule has 0 unspecified atom stereocenters. The summed E-state index contributed by atoms with van der Waals surface area (Å²) in [5.41, 5.74) is 5.33. The summed E-state index contributed by atoms with van der Waals surface area (Å²) < 4.78 is 13.1. The van der Waals surface area contributed by atoms with Crippen molar-refractivity contribution >= 4 is 5.69 Å². The molecule has 1 aliphatic rings. The number of anilines is 1. The molecule has 0 radical (unpaired) electrons. The molecule has 1 heterocycles. The molecule has 4 N–H and O–H groups in total. The Kier molecular flexibility index (Phi) is 4.38. The van der Waals surface area contributed by atoms with Gasteiger partial charge in [0.1, 0.15) is 5.82 Å². The number of benzene rings is 2. The Morgan fingerprint density at radius 1 is 1.18 bits per heavy atom. The van der Waals surface area contributed by atoms with Crippen LogP contribution in [0.5, 0.6) is 0 Å². The summed E-state index contributed by atoms with van der Waals surface area (Å²) in [6, 6.07) is 10.5. The number of aliphatic hydroxyl groups excluding tert-OH is 2. The summed E-state index contributed by atoms with van der Waals surface area (Å²) in [6.07, 6.45) is -0.791. The zero-order chi connectivity index (χ0) is 15.5. The number of hydrogen-bond donors (Lipinski definition) is 4. The van der Waals surface area contributed by atoms with Gasteiger partial charge in [0, 0.05) is 25.3 Å². The maximum Gasteiger partial charge on any atom is 0.123 e. The van der Waals surface area contributed by atoms with E-state index in [1.54, 1.807) is 12.1 Å². The molecule has 3 rings (SSSR count). The van der Waals surface area contributed by atoms with Crippen LogP contribution in [0.25, 0.3) is 11.1 Å². The van der Waals surface area contributed by atoms with E-state index in [-0.39, 0.29) is 19.0 Å². The maximum atomic E-state index is 13.1. The zero-order valence-corrected chi connectivity index (χ0v) is 12.1. The van der Waals surface area contributed by atoms with Crippen LogP contribution in [0.3, 0.4) is 0 Å². The molecule has 0 bridgehead atoms. The molecule has 116 valence electrons. The van der Waals surface area contributed by atoms with Gasteiger partial charge in [0.25, 0.3) is 0 Å². The molecule has 5 heteroatoms.